The summed E-state index contributed by atoms with van der Waals surface area (Å²) >= 11 is 1.37. The summed E-state index contributed by atoms with van der Waals surface area (Å²) in [7, 11) is 1.64. The molecule has 0 aliphatic carbocycles. The number of nitrogens with zero attached hydrogens (tertiary/aromatic N) is 1. The molecule has 0 radical (unpaired) electrons. The molecule has 0 atom stereocenters. The Morgan fingerprint density at radius 1 is 1.19 bits per heavy atom. The summed E-state index contributed by atoms with van der Waals surface area (Å²) in [5, 5.41) is 2.68. The highest BCUT2D eigenvalue weighted by Crippen LogP contribution is 2.33. The van der Waals surface area contributed by atoms with Crippen LogP contribution in [0, 0.1) is 0 Å². The van der Waals surface area contributed by atoms with Gasteiger partial charge in [0, 0.05) is 27.9 Å². The molecule has 130 valence electrons. The molecule has 0 bridgehead atoms. The van der Waals surface area contributed by atoms with Gasteiger partial charge in [-0.2, -0.15) is 0 Å². The van der Waals surface area contributed by atoms with Crippen molar-refractivity contribution in [3.63, 3.8) is 0 Å². The number of aromatic nitrogens is 2. The second-order valence-corrected chi connectivity index (χ2v) is 6.42. The molecular weight excluding hydrogens is 348 g/mol. The van der Waals surface area contributed by atoms with Crippen LogP contribution in [0.25, 0.3) is 22.2 Å². The summed E-state index contributed by atoms with van der Waals surface area (Å²) in [6.07, 6.45) is 0. The van der Waals surface area contributed by atoms with Crippen molar-refractivity contribution in [2.45, 2.75) is 6.61 Å². The first kappa shape index (κ1) is 16.4. The van der Waals surface area contributed by atoms with Crippen molar-refractivity contribution >= 4 is 28.2 Å². The van der Waals surface area contributed by atoms with E-state index in [4.69, 9.17) is 9.47 Å². The van der Waals surface area contributed by atoms with Gasteiger partial charge in [0.25, 0.3) is 0 Å². The Bertz CT molecular complexity index is 1040. The van der Waals surface area contributed by atoms with Gasteiger partial charge in [-0.3, -0.25) is 0 Å². The Balaban J connectivity index is 1.74. The SMILES string of the molecule is COc1ccc2c(COC(=O)c3cscn3)c(-c3ccccc3)[nH]c2c1. The number of hydrogen-bond acceptors (Lipinski definition) is 5. The lowest BCUT2D eigenvalue weighted by Gasteiger charge is -2.06. The molecule has 0 aliphatic rings. The number of nitrogens with one attached hydrogen (secondary N) is 1. The van der Waals surface area contributed by atoms with E-state index in [0.29, 0.717) is 5.69 Å². The number of hydrogen-bond donors (Lipinski definition) is 1. The molecule has 0 fully saturated rings. The van der Waals surface area contributed by atoms with Crippen molar-refractivity contribution in [2.75, 3.05) is 7.11 Å². The summed E-state index contributed by atoms with van der Waals surface area (Å²) < 4.78 is 10.8. The number of H-pyrrole nitrogens is 1. The lowest BCUT2D eigenvalue weighted by Crippen LogP contribution is -2.05. The molecule has 2 heterocycles. The zero-order valence-electron chi connectivity index (χ0n) is 14.1. The lowest BCUT2D eigenvalue weighted by molar-refractivity contribution is 0.0469. The van der Waals surface area contributed by atoms with Crippen LogP contribution in [0.1, 0.15) is 16.1 Å². The van der Waals surface area contributed by atoms with Crippen LogP contribution >= 0.6 is 11.3 Å². The van der Waals surface area contributed by atoms with Crippen LogP contribution in [0.5, 0.6) is 5.75 Å². The fourth-order valence-electron chi connectivity index (χ4n) is 2.89. The number of fused-ring (bicyclic) bond motifs is 1. The molecule has 2 aromatic heterocycles. The molecule has 0 saturated heterocycles. The van der Waals surface area contributed by atoms with Gasteiger partial charge in [-0.1, -0.05) is 30.3 Å². The molecule has 4 rings (SSSR count). The largest absolute Gasteiger partial charge is 0.497 e. The highest BCUT2D eigenvalue weighted by molar-refractivity contribution is 7.07. The minimum Gasteiger partial charge on any atom is -0.497 e. The number of thiazole rings is 1. The third-order valence-electron chi connectivity index (χ3n) is 4.16. The molecular formula is C20H16N2O3S. The highest BCUT2D eigenvalue weighted by atomic mass is 32.1. The molecule has 5 nitrogen and oxygen atoms in total. The van der Waals surface area contributed by atoms with Gasteiger partial charge in [-0.05, 0) is 17.7 Å². The van der Waals surface area contributed by atoms with Crippen molar-refractivity contribution in [3.05, 3.63) is 70.7 Å². The van der Waals surface area contributed by atoms with Crippen LogP contribution in [0.15, 0.2) is 59.4 Å². The molecule has 0 spiro atoms. The van der Waals surface area contributed by atoms with Crippen molar-refractivity contribution in [1.82, 2.24) is 9.97 Å². The van der Waals surface area contributed by atoms with E-state index in [1.807, 2.05) is 48.5 Å². The molecule has 1 N–H and O–H groups in total. The van der Waals surface area contributed by atoms with Gasteiger partial charge < -0.3 is 14.5 Å². The third kappa shape index (κ3) is 3.07. The van der Waals surface area contributed by atoms with Gasteiger partial charge in [0.15, 0.2) is 5.69 Å². The minimum absolute atomic E-state index is 0.160. The van der Waals surface area contributed by atoms with Gasteiger partial charge in [-0.15, -0.1) is 11.3 Å². The van der Waals surface area contributed by atoms with Crippen LogP contribution in [-0.4, -0.2) is 23.0 Å². The van der Waals surface area contributed by atoms with Gasteiger partial charge in [0.2, 0.25) is 0 Å². The second kappa shape index (κ2) is 7.01. The first-order chi connectivity index (χ1) is 12.8. The number of carbonyl (C=O) groups excluding carboxylic acids is 1. The van der Waals surface area contributed by atoms with E-state index in [1.165, 1.54) is 11.3 Å². The van der Waals surface area contributed by atoms with E-state index < -0.39 is 5.97 Å². The molecule has 2 aromatic carbocycles. The Kier molecular flexibility index (Phi) is 4.41. The zero-order valence-corrected chi connectivity index (χ0v) is 14.9. The number of carbonyl (C=O) groups is 1. The summed E-state index contributed by atoms with van der Waals surface area (Å²) in [6.45, 7) is 0.160. The van der Waals surface area contributed by atoms with Crippen LogP contribution in [0.4, 0.5) is 0 Å². The van der Waals surface area contributed by atoms with Gasteiger partial charge in [0.1, 0.15) is 12.4 Å². The predicted molar refractivity (Wildman–Crippen MR) is 102 cm³/mol. The van der Waals surface area contributed by atoms with Crippen molar-refractivity contribution in [3.8, 4) is 17.0 Å². The highest BCUT2D eigenvalue weighted by Gasteiger charge is 2.17. The first-order valence-corrected chi connectivity index (χ1v) is 9.00. The first-order valence-electron chi connectivity index (χ1n) is 8.05. The fraction of sp³-hybridized carbons (Fsp3) is 0.100. The minimum atomic E-state index is -0.423. The smallest absolute Gasteiger partial charge is 0.358 e. The number of benzene rings is 2. The Morgan fingerprint density at radius 2 is 2.04 bits per heavy atom. The molecule has 0 saturated carbocycles. The summed E-state index contributed by atoms with van der Waals surface area (Å²) in [5.74, 6) is 0.345. The topological polar surface area (TPSA) is 64.2 Å². The van der Waals surface area contributed by atoms with Crippen LogP contribution in [0.3, 0.4) is 0 Å². The number of aromatic amines is 1. The number of methoxy groups -OCH3 is 1. The molecule has 4 aromatic rings. The maximum absolute atomic E-state index is 12.2. The Labute approximate surface area is 154 Å². The van der Waals surface area contributed by atoms with E-state index in [2.05, 4.69) is 9.97 Å². The number of esters is 1. The van der Waals surface area contributed by atoms with E-state index in [1.54, 1.807) is 18.0 Å². The van der Waals surface area contributed by atoms with Gasteiger partial charge in [0.05, 0.1) is 18.3 Å². The Hall–Kier alpha value is -3.12. The second-order valence-electron chi connectivity index (χ2n) is 5.71. The third-order valence-corrected chi connectivity index (χ3v) is 4.75. The average Bonchev–Trinajstić information content (AvgIpc) is 3.34. The summed E-state index contributed by atoms with van der Waals surface area (Å²) in [5.41, 5.74) is 5.77. The maximum atomic E-state index is 12.2. The summed E-state index contributed by atoms with van der Waals surface area (Å²) in [6, 6.07) is 15.8. The monoisotopic (exact) mass is 364 g/mol. The lowest BCUT2D eigenvalue weighted by atomic mass is 10.1. The quantitative estimate of drug-likeness (QED) is 0.523. The van der Waals surface area contributed by atoms with E-state index in [9.17, 15) is 4.79 Å². The van der Waals surface area contributed by atoms with Gasteiger partial charge in [-0.25, -0.2) is 9.78 Å². The number of rotatable bonds is 5. The predicted octanol–water partition coefficient (Wildman–Crippen LogP) is 4.66. The number of ether oxygens (including phenoxy) is 2. The fourth-order valence-corrected chi connectivity index (χ4v) is 3.41. The Morgan fingerprint density at radius 3 is 2.77 bits per heavy atom. The average molecular weight is 364 g/mol. The van der Waals surface area contributed by atoms with Crippen molar-refractivity contribution in [2.24, 2.45) is 0 Å². The summed E-state index contributed by atoms with van der Waals surface area (Å²) in [4.78, 5) is 19.6. The van der Waals surface area contributed by atoms with E-state index in [0.717, 1.165) is 33.5 Å². The normalized spacial score (nSPS) is 10.8. The van der Waals surface area contributed by atoms with Crippen molar-refractivity contribution in [1.29, 1.82) is 0 Å². The van der Waals surface area contributed by atoms with Crippen LogP contribution in [-0.2, 0) is 11.3 Å². The maximum Gasteiger partial charge on any atom is 0.358 e. The molecule has 0 amide bonds. The van der Waals surface area contributed by atoms with Gasteiger partial charge >= 0.3 is 5.97 Å². The van der Waals surface area contributed by atoms with Crippen molar-refractivity contribution < 1.29 is 14.3 Å². The zero-order chi connectivity index (χ0) is 17.9. The van der Waals surface area contributed by atoms with E-state index in [-0.39, 0.29) is 6.61 Å². The standard InChI is InChI=1S/C20H16N2O3S/c1-24-14-7-8-15-16(10-25-20(23)18-11-26-12-21-18)19(22-17(15)9-14)13-5-3-2-4-6-13/h2-9,11-12,22H,10H2,1H3. The van der Waals surface area contributed by atoms with Crippen LogP contribution in [0.2, 0.25) is 0 Å². The molecule has 0 unspecified atom stereocenters. The van der Waals surface area contributed by atoms with E-state index >= 15 is 0 Å². The molecule has 0 aliphatic heterocycles. The molecule has 6 heteroatoms. The van der Waals surface area contributed by atoms with Crippen LogP contribution < -0.4 is 4.74 Å². The molecule has 26 heavy (non-hydrogen) atoms.